The third-order valence-corrected chi connectivity index (χ3v) is 2.08. The fourth-order valence-corrected chi connectivity index (χ4v) is 1.41. The lowest BCUT2D eigenvalue weighted by Gasteiger charge is -2.21. The van der Waals surface area contributed by atoms with Crippen molar-refractivity contribution in [2.24, 2.45) is 0 Å². The van der Waals surface area contributed by atoms with Gasteiger partial charge in [0, 0.05) is 6.42 Å². The van der Waals surface area contributed by atoms with Crippen molar-refractivity contribution in [2.75, 3.05) is 0 Å². The van der Waals surface area contributed by atoms with Crippen LogP contribution in [0.15, 0.2) is 0 Å². The summed E-state index contributed by atoms with van der Waals surface area (Å²) in [6, 6.07) is 0. The van der Waals surface area contributed by atoms with Gasteiger partial charge >= 0.3 is 5.97 Å². The molecule has 2 nitrogen and oxygen atoms in total. The first-order chi connectivity index (χ1) is 5.33. The number of cyclic esters (lactones) is 1. The highest BCUT2D eigenvalue weighted by Gasteiger charge is 2.18. The van der Waals surface area contributed by atoms with E-state index in [-0.39, 0.29) is 12.1 Å². The summed E-state index contributed by atoms with van der Waals surface area (Å²) in [4.78, 5) is 10.8. The van der Waals surface area contributed by atoms with Crippen LogP contribution >= 0.6 is 0 Å². The zero-order chi connectivity index (χ0) is 8.10. The molecule has 0 aliphatic carbocycles. The summed E-state index contributed by atoms with van der Waals surface area (Å²) in [6.07, 6.45) is 6.38. The molecule has 11 heavy (non-hydrogen) atoms. The van der Waals surface area contributed by atoms with Crippen molar-refractivity contribution in [1.82, 2.24) is 0 Å². The van der Waals surface area contributed by atoms with E-state index in [1.165, 1.54) is 12.8 Å². The minimum Gasteiger partial charge on any atom is -0.462 e. The molecule has 0 bridgehead atoms. The Morgan fingerprint density at radius 3 is 3.09 bits per heavy atom. The van der Waals surface area contributed by atoms with E-state index in [0.717, 1.165) is 19.3 Å². The van der Waals surface area contributed by atoms with Gasteiger partial charge in [-0.1, -0.05) is 19.8 Å². The Balaban J connectivity index is 2.17. The lowest BCUT2D eigenvalue weighted by Crippen LogP contribution is -2.23. The third-order valence-electron chi connectivity index (χ3n) is 2.08. The number of rotatable bonds is 3. The maximum absolute atomic E-state index is 10.8. The van der Waals surface area contributed by atoms with Gasteiger partial charge in [-0.15, -0.1) is 0 Å². The molecule has 0 aromatic carbocycles. The monoisotopic (exact) mass is 156 g/mol. The summed E-state index contributed by atoms with van der Waals surface area (Å²) in [5, 5.41) is 0. The van der Waals surface area contributed by atoms with Crippen molar-refractivity contribution in [3.05, 3.63) is 0 Å². The molecule has 1 aliphatic heterocycles. The molecule has 0 N–H and O–H groups in total. The number of esters is 1. The van der Waals surface area contributed by atoms with Gasteiger partial charge in [0.1, 0.15) is 6.10 Å². The van der Waals surface area contributed by atoms with Gasteiger partial charge in [-0.25, -0.2) is 0 Å². The molecule has 2 heteroatoms. The van der Waals surface area contributed by atoms with Crippen LogP contribution < -0.4 is 0 Å². The minimum absolute atomic E-state index is 0.00245. The van der Waals surface area contributed by atoms with E-state index in [2.05, 4.69) is 6.92 Å². The fourth-order valence-electron chi connectivity index (χ4n) is 1.41. The van der Waals surface area contributed by atoms with Crippen molar-refractivity contribution >= 4 is 5.97 Å². The van der Waals surface area contributed by atoms with Gasteiger partial charge in [0.25, 0.3) is 0 Å². The van der Waals surface area contributed by atoms with Gasteiger partial charge in [-0.05, 0) is 19.3 Å². The van der Waals surface area contributed by atoms with Crippen LogP contribution in [-0.2, 0) is 9.53 Å². The largest absolute Gasteiger partial charge is 0.462 e. The first-order valence-corrected chi connectivity index (χ1v) is 4.52. The highest BCUT2D eigenvalue weighted by Crippen LogP contribution is 2.18. The number of hydrogen-bond donors (Lipinski definition) is 0. The predicted octanol–water partition coefficient (Wildman–Crippen LogP) is 2.27. The average Bonchev–Trinajstić information content (AvgIpc) is 2.01. The summed E-state index contributed by atoms with van der Waals surface area (Å²) in [7, 11) is 0. The Kier molecular flexibility index (Phi) is 3.40. The van der Waals surface area contributed by atoms with Gasteiger partial charge in [-0.3, -0.25) is 4.79 Å². The normalized spacial score (nSPS) is 24.8. The van der Waals surface area contributed by atoms with Crippen molar-refractivity contribution in [1.29, 1.82) is 0 Å². The van der Waals surface area contributed by atoms with Crippen LogP contribution in [0.25, 0.3) is 0 Å². The number of hydrogen-bond acceptors (Lipinski definition) is 2. The molecule has 64 valence electrons. The van der Waals surface area contributed by atoms with Crippen molar-refractivity contribution in [3.63, 3.8) is 0 Å². The summed E-state index contributed by atoms with van der Waals surface area (Å²) in [5.41, 5.74) is 0. The van der Waals surface area contributed by atoms with Gasteiger partial charge in [-0.2, -0.15) is 0 Å². The average molecular weight is 156 g/mol. The maximum Gasteiger partial charge on any atom is 0.306 e. The molecular weight excluding hydrogens is 140 g/mol. The molecule has 0 aromatic rings. The summed E-state index contributed by atoms with van der Waals surface area (Å²) in [5.74, 6) is -0.00245. The fraction of sp³-hybridized carbons (Fsp3) is 0.889. The van der Waals surface area contributed by atoms with E-state index in [0.29, 0.717) is 6.42 Å². The molecule has 1 atom stereocenters. The first kappa shape index (κ1) is 8.57. The topological polar surface area (TPSA) is 26.3 Å². The second-order valence-corrected chi connectivity index (χ2v) is 3.15. The van der Waals surface area contributed by atoms with Gasteiger partial charge in [0.05, 0.1) is 0 Å². The van der Waals surface area contributed by atoms with Crippen LogP contribution in [0.4, 0.5) is 0 Å². The van der Waals surface area contributed by atoms with Crippen LogP contribution in [0.3, 0.4) is 0 Å². The lowest BCUT2D eigenvalue weighted by molar-refractivity contribution is -0.154. The summed E-state index contributed by atoms with van der Waals surface area (Å²) < 4.78 is 5.15. The van der Waals surface area contributed by atoms with Crippen molar-refractivity contribution in [3.8, 4) is 0 Å². The summed E-state index contributed by atoms with van der Waals surface area (Å²) >= 11 is 0. The first-order valence-electron chi connectivity index (χ1n) is 4.52. The summed E-state index contributed by atoms with van der Waals surface area (Å²) in [6.45, 7) is 2.16. The maximum atomic E-state index is 10.8. The predicted molar refractivity (Wildman–Crippen MR) is 43.3 cm³/mol. The van der Waals surface area contributed by atoms with E-state index >= 15 is 0 Å². The molecule has 1 heterocycles. The Bertz CT molecular complexity index is 132. The lowest BCUT2D eigenvalue weighted by atomic mass is 10.0. The molecule has 0 radical (unpaired) electrons. The number of unbranched alkanes of at least 4 members (excludes halogenated alkanes) is 1. The number of ether oxygens (including phenoxy) is 1. The standard InChI is InChI=1S/C9H16O2/c1-2-3-5-8-6-4-7-9(10)11-8/h8H,2-7H2,1H3/t8-/m0/s1. The Labute approximate surface area is 67.9 Å². The molecule has 1 aliphatic rings. The molecule has 0 unspecified atom stereocenters. The molecule has 1 rings (SSSR count). The zero-order valence-corrected chi connectivity index (χ0v) is 7.14. The number of carbonyl (C=O) groups excluding carboxylic acids is 1. The van der Waals surface area contributed by atoms with E-state index in [1.807, 2.05) is 0 Å². The highest BCUT2D eigenvalue weighted by molar-refractivity contribution is 5.70. The van der Waals surface area contributed by atoms with E-state index < -0.39 is 0 Å². The van der Waals surface area contributed by atoms with Gasteiger partial charge in [0.15, 0.2) is 0 Å². The molecule has 1 fully saturated rings. The van der Waals surface area contributed by atoms with Crippen LogP contribution in [-0.4, -0.2) is 12.1 Å². The second-order valence-electron chi connectivity index (χ2n) is 3.15. The Morgan fingerprint density at radius 1 is 1.64 bits per heavy atom. The molecule has 0 amide bonds. The van der Waals surface area contributed by atoms with E-state index in [4.69, 9.17) is 4.74 Å². The molecule has 1 saturated heterocycles. The van der Waals surface area contributed by atoms with Crippen molar-refractivity contribution in [2.45, 2.75) is 51.6 Å². The van der Waals surface area contributed by atoms with E-state index in [1.54, 1.807) is 0 Å². The van der Waals surface area contributed by atoms with Gasteiger partial charge < -0.3 is 4.74 Å². The Morgan fingerprint density at radius 2 is 2.45 bits per heavy atom. The van der Waals surface area contributed by atoms with Crippen LogP contribution in [0.2, 0.25) is 0 Å². The van der Waals surface area contributed by atoms with Crippen LogP contribution in [0, 0.1) is 0 Å². The molecule has 0 aromatic heterocycles. The molecule has 0 spiro atoms. The quantitative estimate of drug-likeness (QED) is 0.586. The Hall–Kier alpha value is -0.530. The van der Waals surface area contributed by atoms with Gasteiger partial charge in [0.2, 0.25) is 0 Å². The minimum atomic E-state index is -0.00245. The van der Waals surface area contributed by atoms with Crippen molar-refractivity contribution < 1.29 is 9.53 Å². The van der Waals surface area contributed by atoms with Crippen LogP contribution in [0.1, 0.15) is 45.4 Å². The van der Waals surface area contributed by atoms with Crippen LogP contribution in [0.5, 0.6) is 0 Å². The SMILES string of the molecule is CCCC[C@H]1CCCC(=O)O1. The zero-order valence-electron chi connectivity index (χ0n) is 7.14. The number of carbonyl (C=O) groups is 1. The highest BCUT2D eigenvalue weighted by atomic mass is 16.5. The smallest absolute Gasteiger partial charge is 0.306 e. The third kappa shape index (κ3) is 2.91. The molecule has 0 saturated carbocycles. The van der Waals surface area contributed by atoms with E-state index in [9.17, 15) is 4.79 Å². The molecular formula is C9H16O2. The second kappa shape index (κ2) is 4.37.